The van der Waals surface area contributed by atoms with E-state index in [-0.39, 0.29) is 17.0 Å². The Kier molecular flexibility index (Phi) is 8.57. The number of amides is 1. The lowest BCUT2D eigenvalue weighted by Crippen LogP contribution is -2.38. The molecule has 0 spiro atoms. The molecule has 1 aromatic carbocycles. The number of aryl methyl sites for hydroxylation is 1. The standard InChI is InChI=1S/C27H35N3O6/c1-7-29(8-2)14-15-30-23(18-10-12-19(13-11-18)36-9-3)21(25(32)26(30)33)24(31)20-16(4)22(27(34)35-6)28-17(20)5/h10-13,23,28,31H,7-9,14-15H2,1-6H3/t23-/m0/s1. The number of aromatic amines is 1. The quantitative estimate of drug-likeness (QED) is 0.223. The lowest BCUT2D eigenvalue weighted by atomic mass is 9.94. The molecule has 0 bridgehead atoms. The minimum Gasteiger partial charge on any atom is -0.507 e. The van der Waals surface area contributed by atoms with Gasteiger partial charge in [-0.1, -0.05) is 26.0 Å². The van der Waals surface area contributed by atoms with Crippen molar-refractivity contribution in [1.82, 2.24) is 14.8 Å². The highest BCUT2D eigenvalue weighted by molar-refractivity contribution is 6.46. The van der Waals surface area contributed by atoms with Gasteiger partial charge in [0.25, 0.3) is 11.7 Å². The maximum atomic E-state index is 13.3. The molecule has 2 aromatic rings. The minimum absolute atomic E-state index is 0.00896. The third kappa shape index (κ3) is 5.02. The zero-order chi connectivity index (χ0) is 26.6. The second kappa shape index (κ2) is 11.4. The monoisotopic (exact) mass is 497 g/mol. The largest absolute Gasteiger partial charge is 0.507 e. The highest BCUT2D eigenvalue weighted by Gasteiger charge is 2.46. The van der Waals surface area contributed by atoms with E-state index < -0.39 is 23.7 Å². The molecular weight excluding hydrogens is 462 g/mol. The molecule has 0 aliphatic carbocycles. The molecule has 1 fully saturated rings. The van der Waals surface area contributed by atoms with Gasteiger partial charge in [0, 0.05) is 24.3 Å². The van der Waals surface area contributed by atoms with E-state index in [1.54, 1.807) is 38.1 Å². The molecule has 1 amide bonds. The van der Waals surface area contributed by atoms with Crippen molar-refractivity contribution in [2.75, 3.05) is 39.9 Å². The molecule has 2 heterocycles. The van der Waals surface area contributed by atoms with E-state index in [4.69, 9.17) is 9.47 Å². The molecule has 1 aliphatic rings. The van der Waals surface area contributed by atoms with Crippen LogP contribution in [-0.4, -0.2) is 77.4 Å². The number of ketones is 1. The van der Waals surface area contributed by atoms with E-state index in [0.717, 1.165) is 13.1 Å². The maximum Gasteiger partial charge on any atom is 0.354 e. The Morgan fingerprint density at radius 1 is 1.11 bits per heavy atom. The lowest BCUT2D eigenvalue weighted by molar-refractivity contribution is -0.140. The van der Waals surface area contributed by atoms with Crippen molar-refractivity contribution in [2.45, 2.75) is 40.7 Å². The van der Waals surface area contributed by atoms with Crippen LogP contribution < -0.4 is 4.74 Å². The first-order valence-corrected chi connectivity index (χ1v) is 12.2. The molecule has 1 aromatic heterocycles. The van der Waals surface area contributed by atoms with Gasteiger partial charge in [0.1, 0.15) is 17.2 Å². The Hall–Kier alpha value is -3.59. The number of likely N-dealkylation sites (tertiary alicyclic amines) is 1. The third-order valence-electron chi connectivity index (χ3n) is 6.66. The van der Waals surface area contributed by atoms with Crippen LogP contribution in [0.25, 0.3) is 5.76 Å². The first-order valence-electron chi connectivity index (χ1n) is 12.2. The summed E-state index contributed by atoms with van der Waals surface area (Å²) in [6.07, 6.45) is 0. The van der Waals surface area contributed by atoms with Gasteiger partial charge in [0.05, 0.1) is 25.3 Å². The Bertz CT molecular complexity index is 1160. The minimum atomic E-state index is -0.786. The van der Waals surface area contributed by atoms with Gasteiger partial charge in [-0.2, -0.15) is 0 Å². The van der Waals surface area contributed by atoms with Crippen molar-refractivity contribution in [3.63, 3.8) is 0 Å². The molecule has 9 heteroatoms. The van der Waals surface area contributed by atoms with Crippen molar-refractivity contribution in [3.05, 3.63) is 57.9 Å². The summed E-state index contributed by atoms with van der Waals surface area (Å²) in [5.41, 5.74) is 2.10. The molecule has 0 saturated carbocycles. The Balaban J connectivity index is 2.16. The van der Waals surface area contributed by atoms with Gasteiger partial charge >= 0.3 is 5.97 Å². The number of aliphatic hydroxyl groups is 1. The van der Waals surface area contributed by atoms with E-state index >= 15 is 0 Å². The van der Waals surface area contributed by atoms with Crippen LogP contribution in [0.5, 0.6) is 5.75 Å². The van der Waals surface area contributed by atoms with Crippen LogP contribution >= 0.6 is 0 Å². The Labute approximate surface area is 211 Å². The molecule has 36 heavy (non-hydrogen) atoms. The van der Waals surface area contributed by atoms with Gasteiger partial charge in [0.15, 0.2) is 0 Å². The zero-order valence-electron chi connectivity index (χ0n) is 21.8. The summed E-state index contributed by atoms with van der Waals surface area (Å²) in [6, 6.07) is 6.38. The summed E-state index contributed by atoms with van der Waals surface area (Å²) in [6.45, 7) is 12.4. The number of carbonyl (C=O) groups excluding carboxylic acids is 3. The molecule has 1 atom stereocenters. The molecule has 1 saturated heterocycles. The van der Waals surface area contributed by atoms with Gasteiger partial charge < -0.3 is 29.4 Å². The Morgan fingerprint density at radius 3 is 2.31 bits per heavy atom. The van der Waals surface area contributed by atoms with Crippen molar-refractivity contribution in [1.29, 1.82) is 0 Å². The molecule has 2 N–H and O–H groups in total. The first-order chi connectivity index (χ1) is 17.2. The van der Waals surface area contributed by atoms with Gasteiger partial charge in [-0.3, -0.25) is 9.59 Å². The normalized spacial score (nSPS) is 17.2. The summed E-state index contributed by atoms with van der Waals surface area (Å²) in [7, 11) is 1.27. The molecule has 1 aliphatic heterocycles. The maximum absolute atomic E-state index is 13.3. The number of hydrogen-bond acceptors (Lipinski definition) is 7. The van der Waals surface area contributed by atoms with Crippen LogP contribution in [0.1, 0.15) is 59.7 Å². The number of Topliss-reactive ketones (excluding diaryl/α,β-unsaturated/α-hetero) is 1. The lowest BCUT2D eigenvalue weighted by Gasteiger charge is -2.28. The smallest absolute Gasteiger partial charge is 0.354 e. The van der Waals surface area contributed by atoms with E-state index in [2.05, 4.69) is 9.88 Å². The summed E-state index contributed by atoms with van der Waals surface area (Å²) >= 11 is 0. The number of ether oxygens (including phenoxy) is 2. The summed E-state index contributed by atoms with van der Waals surface area (Å²) in [4.78, 5) is 45.4. The predicted molar refractivity (Wildman–Crippen MR) is 136 cm³/mol. The summed E-state index contributed by atoms with van der Waals surface area (Å²) in [5, 5.41) is 11.5. The predicted octanol–water partition coefficient (Wildman–Crippen LogP) is 3.58. The SMILES string of the molecule is CCOc1ccc([C@H]2C(=C(O)c3c(C)[nH]c(C(=O)OC)c3C)C(=O)C(=O)N2CCN(CC)CC)cc1. The fraction of sp³-hybridized carbons (Fsp3) is 0.444. The number of hydrogen-bond donors (Lipinski definition) is 2. The van der Waals surface area contributed by atoms with Crippen molar-refractivity contribution in [2.24, 2.45) is 0 Å². The molecule has 0 radical (unpaired) electrons. The number of aromatic nitrogens is 1. The molecule has 0 unspecified atom stereocenters. The molecule has 3 rings (SSSR count). The number of nitrogens with zero attached hydrogens (tertiary/aromatic N) is 2. The van der Waals surface area contributed by atoms with Gasteiger partial charge in [-0.05, 0) is 57.1 Å². The van der Waals surface area contributed by atoms with E-state index in [1.165, 1.54) is 12.0 Å². The van der Waals surface area contributed by atoms with Crippen LogP contribution in [0.15, 0.2) is 29.8 Å². The summed E-state index contributed by atoms with van der Waals surface area (Å²) < 4.78 is 10.4. The topological polar surface area (TPSA) is 112 Å². The van der Waals surface area contributed by atoms with Crippen molar-refractivity contribution < 1.29 is 29.0 Å². The number of nitrogens with one attached hydrogen (secondary N) is 1. The average molecular weight is 498 g/mol. The summed E-state index contributed by atoms with van der Waals surface area (Å²) in [5.74, 6) is -1.66. The van der Waals surface area contributed by atoms with E-state index in [1.807, 2.05) is 20.8 Å². The number of aliphatic hydroxyl groups excluding tert-OH is 1. The third-order valence-corrected chi connectivity index (χ3v) is 6.66. The van der Waals surface area contributed by atoms with Crippen molar-refractivity contribution >= 4 is 23.4 Å². The fourth-order valence-electron chi connectivity index (χ4n) is 4.71. The van der Waals surface area contributed by atoms with Crippen molar-refractivity contribution in [3.8, 4) is 5.75 Å². The van der Waals surface area contributed by atoms with Crippen LogP contribution in [0.2, 0.25) is 0 Å². The number of carbonyl (C=O) groups is 3. The van der Waals surface area contributed by atoms with Crippen LogP contribution in [0.3, 0.4) is 0 Å². The number of benzene rings is 1. The number of esters is 1. The fourth-order valence-corrected chi connectivity index (χ4v) is 4.71. The van der Waals surface area contributed by atoms with E-state index in [9.17, 15) is 19.5 Å². The first kappa shape index (κ1) is 27.0. The number of rotatable bonds is 10. The zero-order valence-corrected chi connectivity index (χ0v) is 21.8. The highest BCUT2D eigenvalue weighted by atomic mass is 16.5. The molecular formula is C27H35N3O6. The van der Waals surface area contributed by atoms with Crippen LogP contribution in [0.4, 0.5) is 0 Å². The van der Waals surface area contributed by atoms with Crippen LogP contribution in [0, 0.1) is 13.8 Å². The second-order valence-electron chi connectivity index (χ2n) is 8.64. The van der Waals surface area contributed by atoms with Gasteiger partial charge in [0.2, 0.25) is 0 Å². The average Bonchev–Trinajstić information content (AvgIpc) is 3.31. The second-order valence-corrected chi connectivity index (χ2v) is 8.64. The van der Waals surface area contributed by atoms with Crippen LogP contribution in [-0.2, 0) is 14.3 Å². The number of likely N-dealkylation sites (N-methyl/N-ethyl adjacent to an activating group) is 1. The molecule has 194 valence electrons. The number of methoxy groups -OCH3 is 1. The Morgan fingerprint density at radius 2 is 1.75 bits per heavy atom. The number of H-pyrrole nitrogens is 1. The highest BCUT2D eigenvalue weighted by Crippen LogP contribution is 2.41. The van der Waals surface area contributed by atoms with E-state index in [0.29, 0.717) is 47.8 Å². The van der Waals surface area contributed by atoms with Gasteiger partial charge in [-0.15, -0.1) is 0 Å². The van der Waals surface area contributed by atoms with Gasteiger partial charge in [-0.25, -0.2) is 4.79 Å². The molecule has 9 nitrogen and oxygen atoms in total.